The fraction of sp³-hybridized carbons (Fsp3) is 0.385. The minimum Gasteiger partial charge on any atom is -0.376 e. The van der Waals surface area contributed by atoms with Gasteiger partial charge in [0.25, 0.3) is 0 Å². The van der Waals surface area contributed by atoms with E-state index in [4.69, 9.17) is 9.47 Å². The van der Waals surface area contributed by atoms with Gasteiger partial charge in [-0.2, -0.15) is 5.10 Å². The molecule has 1 N–H and O–H groups in total. The molecule has 1 aromatic carbocycles. The summed E-state index contributed by atoms with van der Waals surface area (Å²) in [5, 5.41) is 7.50. The summed E-state index contributed by atoms with van der Waals surface area (Å²) in [5.74, 6) is 0. The second-order valence-electron chi connectivity index (χ2n) is 4.13. The SMILES string of the molecule is COC(OC)C(C)Nc1ccccc1-n1cncn1. The molecule has 0 aliphatic heterocycles. The highest BCUT2D eigenvalue weighted by Crippen LogP contribution is 2.20. The molecule has 0 radical (unpaired) electrons. The van der Waals surface area contributed by atoms with Gasteiger partial charge in [-0.25, -0.2) is 9.67 Å². The van der Waals surface area contributed by atoms with E-state index < -0.39 is 0 Å². The summed E-state index contributed by atoms with van der Waals surface area (Å²) in [6.45, 7) is 2.00. The molecule has 1 unspecified atom stereocenters. The largest absolute Gasteiger partial charge is 0.376 e. The molecule has 0 aliphatic carbocycles. The second-order valence-corrected chi connectivity index (χ2v) is 4.13. The van der Waals surface area contributed by atoms with Crippen LogP contribution in [0.3, 0.4) is 0 Å². The summed E-state index contributed by atoms with van der Waals surface area (Å²) in [7, 11) is 3.24. The molecular formula is C13H18N4O2. The normalized spacial score (nSPS) is 12.6. The number of methoxy groups -OCH3 is 2. The maximum atomic E-state index is 5.24. The Balaban J connectivity index is 2.21. The molecule has 0 aliphatic rings. The van der Waals surface area contributed by atoms with Crippen LogP contribution in [0.25, 0.3) is 5.69 Å². The van der Waals surface area contributed by atoms with Gasteiger partial charge in [0.15, 0.2) is 6.29 Å². The van der Waals surface area contributed by atoms with Gasteiger partial charge >= 0.3 is 0 Å². The number of nitrogens with one attached hydrogen (secondary N) is 1. The molecule has 6 nitrogen and oxygen atoms in total. The minimum absolute atomic E-state index is 0.000304. The van der Waals surface area contributed by atoms with Crippen molar-refractivity contribution in [2.45, 2.75) is 19.3 Å². The van der Waals surface area contributed by atoms with Crippen LogP contribution in [0.15, 0.2) is 36.9 Å². The third kappa shape index (κ3) is 3.10. The molecule has 6 heteroatoms. The third-order valence-electron chi connectivity index (χ3n) is 2.83. The van der Waals surface area contributed by atoms with Crippen LogP contribution in [0.1, 0.15) is 6.92 Å². The molecule has 102 valence electrons. The Morgan fingerprint density at radius 3 is 2.58 bits per heavy atom. The predicted octanol–water partition coefficient (Wildman–Crippen LogP) is 1.69. The Bertz CT molecular complexity index is 497. The first-order valence-corrected chi connectivity index (χ1v) is 6.02. The van der Waals surface area contributed by atoms with Gasteiger partial charge in [0.2, 0.25) is 0 Å². The molecule has 1 aromatic heterocycles. The van der Waals surface area contributed by atoms with Crippen LogP contribution in [-0.2, 0) is 9.47 Å². The molecule has 0 bridgehead atoms. The molecule has 2 aromatic rings. The van der Waals surface area contributed by atoms with Crippen molar-refractivity contribution in [3.05, 3.63) is 36.9 Å². The van der Waals surface area contributed by atoms with Crippen LogP contribution in [0.2, 0.25) is 0 Å². The van der Waals surface area contributed by atoms with Gasteiger partial charge in [0, 0.05) is 14.2 Å². The van der Waals surface area contributed by atoms with Gasteiger partial charge in [-0.15, -0.1) is 0 Å². The maximum absolute atomic E-state index is 5.24. The summed E-state index contributed by atoms with van der Waals surface area (Å²) >= 11 is 0. The third-order valence-corrected chi connectivity index (χ3v) is 2.83. The predicted molar refractivity (Wildman–Crippen MR) is 72.2 cm³/mol. The molecule has 19 heavy (non-hydrogen) atoms. The highest BCUT2D eigenvalue weighted by Gasteiger charge is 2.17. The first-order chi connectivity index (χ1) is 9.26. The van der Waals surface area contributed by atoms with E-state index in [9.17, 15) is 0 Å². The van der Waals surface area contributed by atoms with E-state index in [1.807, 2.05) is 31.2 Å². The van der Waals surface area contributed by atoms with Crippen LogP contribution in [-0.4, -0.2) is 41.3 Å². The van der Waals surface area contributed by atoms with Crippen molar-refractivity contribution in [1.29, 1.82) is 0 Å². The Kier molecular flexibility index (Phi) is 4.48. The molecule has 2 rings (SSSR count). The Morgan fingerprint density at radius 1 is 1.21 bits per heavy atom. The number of para-hydroxylation sites is 2. The van der Waals surface area contributed by atoms with Crippen LogP contribution in [0.4, 0.5) is 5.69 Å². The summed E-state index contributed by atoms with van der Waals surface area (Å²) < 4.78 is 12.2. The highest BCUT2D eigenvalue weighted by molar-refractivity contribution is 5.60. The fourth-order valence-corrected chi connectivity index (χ4v) is 1.95. The lowest BCUT2D eigenvalue weighted by Gasteiger charge is -2.24. The summed E-state index contributed by atoms with van der Waals surface area (Å²) in [5.41, 5.74) is 1.87. The lowest BCUT2D eigenvalue weighted by Crippen LogP contribution is -2.34. The Hall–Kier alpha value is -1.92. The Labute approximate surface area is 112 Å². The van der Waals surface area contributed by atoms with Crippen molar-refractivity contribution < 1.29 is 9.47 Å². The Morgan fingerprint density at radius 2 is 1.95 bits per heavy atom. The van der Waals surface area contributed by atoms with E-state index in [1.54, 1.807) is 25.2 Å². The van der Waals surface area contributed by atoms with Crippen molar-refractivity contribution in [2.24, 2.45) is 0 Å². The summed E-state index contributed by atoms with van der Waals surface area (Å²) in [6.07, 6.45) is 2.85. The van der Waals surface area contributed by atoms with Crippen LogP contribution in [0.5, 0.6) is 0 Å². The van der Waals surface area contributed by atoms with E-state index in [0.29, 0.717) is 0 Å². The molecule has 0 spiro atoms. The topological polar surface area (TPSA) is 61.2 Å². The molecule has 1 heterocycles. The van der Waals surface area contributed by atoms with Gasteiger partial charge in [-0.05, 0) is 19.1 Å². The first-order valence-electron chi connectivity index (χ1n) is 6.02. The summed E-state index contributed by atoms with van der Waals surface area (Å²) in [4.78, 5) is 3.96. The molecular weight excluding hydrogens is 244 g/mol. The highest BCUT2D eigenvalue weighted by atomic mass is 16.7. The minimum atomic E-state index is -0.316. The average Bonchev–Trinajstić information content (AvgIpc) is 2.94. The van der Waals surface area contributed by atoms with E-state index in [0.717, 1.165) is 11.4 Å². The van der Waals surface area contributed by atoms with Crippen LogP contribution >= 0.6 is 0 Å². The van der Waals surface area contributed by atoms with Crippen molar-refractivity contribution >= 4 is 5.69 Å². The zero-order valence-electron chi connectivity index (χ0n) is 11.3. The molecule has 0 saturated carbocycles. The number of hydrogen-bond acceptors (Lipinski definition) is 5. The second kappa shape index (κ2) is 6.31. The molecule has 0 fully saturated rings. The van der Waals surface area contributed by atoms with Crippen molar-refractivity contribution in [3.63, 3.8) is 0 Å². The van der Waals surface area contributed by atoms with E-state index in [2.05, 4.69) is 15.4 Å². The maximum Gasteiger partial charge on any atom is 0.176 e. The molecule has 0 amide bonds. The standard InChI is InChI=1S/C13H18N4O2/c1-10(13(18-2)19-3)16-11-6-4-5-7-12(11)17-9-14-8-15-17/h4-10,13,16H,1-3H3. The van der Waals surface area contributed by atoms with Gasteiger partial charge in [-0.3, -0.25) is 0 Å². The number of ether oxygens (including phenoxy) is 2. The summed E-state index contributed by atoms with van der Waals surface area (Å²) in [6, 6.07) is 7.87. The van der Waals surface area contributed by atoms with Gasteiger partial charge in [0.05, 0.1) is 17.4 Å². The number of benzene rings is 1. The van der Waals surface area contributed by atoms with E-state index in [-0.39, 0.29) is 12.3 Å². The number of anilines is 1. The number of hydrogen-bond donors (Lipinski definition) is 1. The zero-order valence-corrected chi connectivity index (χ0v) is 11.3. The number of nitrogens with zero attached hydrogens (tertiary/aromatic N) is 3. The average molecular weight is 262 g/mol. The van der Waals surface area contributed by atoms with Crippen LogP contribution < -0.4 is 5.32 Å². The first kappa shape index (κ1) is 13.5. The number of rotatable bonds is 6. The van der Waals surface area contributed by atoms with Gasteiger partial charge < -0.3 is 14.8 Å². The van der Waals surface area contributed by atoms with Crippen molar-refractivity contribution in [1.82, 2.24) is 14.8 Å². The smallest absolute Gasteiger partial charge is 0.176 e. The van der Waals surface area contributed by atoms with Gasteiger partial charge in [-0.1, -0.05) is 12.1 Å². The van der Waals surface area contributed by atoms with Crippen molar-refractivity contribution in [2.75, 3.05) is 19.5 Å². The lowest BCUT2D eigenvalue weighted by atomic mass is 10.2. The van der Waals surface area contributed by atoms with Crippen LogP contribution in [0, 0.1) is 0 Å². The monoisotopic (exact) mass is 262 g/mol. The molecule has 1 atom stereocenters. The lowest BCUT2D eigenvalue weighted by molar-refractivity contribution is -0.109. The van der Waals surface area contributed by atoms with E-state index >= 15 is 0 Å². The van der Waals surface area contributed by atoms with Crippen molar-refractivity contribution in [3.8, 4) is 5.69 Å². The molecule has 0 saturated heterocycles. The fourth-order valence-electron chi connectivity index (χ4n) is 1.95. The zero-order chi connectivity index (χ0) is 13.7. The van der Waals surface area contributed by atoms with Gasteiger partial charge in [0.1, 0.15) is 12.7 Å². The van der Waals surface area contributed by atoms with E-state index in [1.165, 1.54) is 6.33 Å². The quantitative estimate of drug-likeness (QED) is 0.803. The number of aromatic nitrogens is 3.